The van der Waals surface area contributed by atoms with Crippen LogP contribution in [0, 0.1) is 16.7 Å². The molecule has 0 N–H and O–H groups in total. The maximum absolute atomic E-state index is 9.37. The molecule has 0 saturated heterocycles. The summed E-state index contributed by atoms with van der Waals surface area (Å²) in [4.78, 5) is 3.25. The Balaban J connectivity index is 3.22. The van der Waals surface area contributed by atoms with Gasteiger partial charge in [0.2, 0.25) is 0 Å². The zero-order chi connectivity index (χ0) is 13.9. The van der Waals surface area contributed by atoms with Crippen LogP contribution in [0.2, 0.25) is 0 Å². The number of thioether (sulfide) groups is 1. The third-order valence-corrected chi connectivity index (χ3v) is 4.33. The Morgan fingerprint density at radius 1 is 1.33 bits per heavy atom. The number of benzene rings is 1. The van der Waals surface area contributed by atoms with Crippen molar-refractivity contribution >= 4 is 17.4 Å². The molecule has 1 aromatic carbocycles. The molecular formula is C15H22N2S. The van der Waals surface area contributed by atoms with Crippen molar-refractivity contribution in [1.82, 2.24) is 0 Å². The summed E-state index contributed by atoms with van der Waals surface area (Å²) < 4.78 is 0. The second kappa shape index (κ2) is 5.67. The first kappa shape index (κ1) is 14.9. The van der Waals surface area contributed by atoms with Gasteiger partial charge >= 0.3 is 0 Å². The highest BCUT2D eigenvalue weighted by atomic mass is 32.2. The third-order valence-electron chi connectivity index (χ3n) is 3.55. The number of anilines is 1. The molecular weight excluding hydrogens is 240 g/mol. The molecule has 0 radical (unpaired) electrons. The van der Waals surface area contributed by atoms with Crippen LogP contribution >= 0.6 is 11.8 Å². The summed E-state index contributed by atoms with van der Waals surface area (Å²) in [5, 5.41) is 9.37. The average Bonchev–Trinajstić information content (AvgIpc) is 2.34. The van der Waals surface area contributed by atoms with Crippen LogP contribution < -0.4 is 4.90 Å². The van der Waals surface area contributed by atoms with Gasteiger partial charge in [-0.2, -0.15) is 5.26 Å². The van der Waals surface area contributed by atoms with Gasteiger partial charge in [-0.1, -0.05) is 26.8 Å². The molecule has 0 aromatic heterocycles. The molecule has 18 heavy (non-hydrogen) atoms. The maximum Gasteiger partial charge on any atom is 0.103 e. The van der Waals surface area contributed by atoms with Gasteiger partial charge < -0.3 is 4.90 Å². The molecule has 1 aromatic rings. The van der Waals surface area contributed by atoms with E-state index in [1.54, 1.807) is 11.8 Å². The Hall–Kier alpha value is -1.14. The molecule has 3 heteroatoms. The summed E-state index contributed by atoms with van der Waals surface area (Å²) in [5.74, 6) is 0. The fourth-order valence-corrected chi connectivity index (χ4v) is 2.45. The van der Waals surface area contributed by atoms with Gasteiger partial charge in [-0.25, -0.2) is 0 Å². The Labute approximate surface area is 115 Å². The van der Waals surface area contributed by atoms with Crippen LogP contribution in [0.3, 0.4) is 0 Å². The molecule has 2 nitrogen and oxygen atoms in total. The second-order valence-corrected chi connectivity index (χ2v) is 6.47. The van der Waals surface area contributed by atoms with Gasteiger partial charge in [0.1, 0.15) is 6.07 Å². The molecule has 98 valence electrons. The molecule has 0 aliphatic carbocycles. The Bertz CT molecular complexity index is 455. The van der Waals surface area contributed by atoms with E-state index in [1.165, 1.54) is 0 Å². The number of rotatable bonds is 3. The first-order valence-electron chi connectivity index (χ1n) is 6.13. The van der Waals surface area contributed by atoms with Crippen molar-refractivity contribution in [2.45, 2.75) is 38.6 Å². The zero-order valence-electron chi connectivity index (χ0n) is 12.1. The minimum atomic E-state index is 0.177. The van der Waals surface area contributed by atoms with Gasteiger partial charge in [-0.15, -0.1) is 11.8 Å². The number of nitrogens with zero attached hydrogens (tertiary/aromatic N) is 2. The molecule has 1 atom stereocenters. The average molecular weight is 262 g/mol. The smallest absolute Gasteiger partial charge is 0.103 e. The first-order valence-corrected chi connectivity index (χ1v) is 7.35. The molecule has 1 unspecified atom stereocenters. The van der Waals surface area contributed by atoms with Crippen LogP contribution in [-0.2, 0) is 0 Å². The van der Waals surface area contributed by atoms with E-state index < -0.39 is 0 Å². The molecule has 0 aliphatic heterocycles. The molecule has 0 saturated carbocycles. The van der Waals surface area contributed by atoms with Gasteiger partial charge in [0, 0.05) is 18.0 Å². The van der Waals surface area contributed by atoms with Gasteiger partial charge in [-0.3, -0.25) is 0 Å². The zero-order valence-corrected chi connectivity index (χ0v) is 12.9. The van der Waals surface area contributed by atoms with Crippen LogP contribution in [0.15, 0.2) is 23.1 Å². The summed E-state index contributed by atoms with van der Waals surface area (Å²) in [6.07, 6.45) is 2.01. The molecule has 1 rings (SSSR count). The first-order chi connectivity index (χ1) is 8.32. The fraction of sp³-hybridized carbons (Fsp3) is 0.533. The van der Waals surface area contributed by atoms with E-state index in [0.29, 0.717) is 6.04 Å². The third kappa shape index (κ3) is 3.00. The van der Waals surface area contributed by atoms with Crippen LogP contribution in [0.4, 0.5) is 5.69 Å². The number of hydrogen-bond acceptors (Lipinski definition) is 3. The minimum Gasteiger partial charge on any atom is -0.370 e. The van der Waals surface area contributed by atoms with Crippen molar-refractivity contribution in [3.05, 3.63) is 23.8 Å². The van der Waals surface area contributed by atoms with Crippen LogP contribution in [0.25, 0.3) is 0 Å². The van der Waals surface area contributed by atoms with Gasteiger partial charge in [0.15, 0.2) is 0 Å². The summed E-state index contributed by atoms with van der Waals surface area (Å²) >= 11 is 1.62. The highest BCUT2D eigenvalue weighted by Gasteiger charge is 2.25. The van der Waals surface area contributed by atoms with Crippen LogP contribution in [0.5, 0.6) is 0 Å². The Morgan fingerprint density at radius 3 is 2.39 bits per heavy atom. The van der Waals surface area contributed by atoms with Crippen molar-refractivity contribution < 1.29 is 0 Å². The monoisotopic (exact) mass is 262 g/mol. The number of nitriles is 1. The van der Waals surface area contributed by atoms with Crippen molar-refractivity contribution in [1.29, 1.82) is 5.26 Å². The lowest BCUT2D eigenvalue weighted by atomic mass is 9.86. The van der Waals surface area contributed by atoms with Crippen molar-refractivity contribution in [3.63, 3.8) is 0 Å². The summed E-state index contributed by atoms with van der Waals surface area (Å²) in [6.45, 7) is 8.86. The van der Waals surface area contributed by atoms with Gasteiger partial charge in [0.05, 0.1) is 11.3 Å². The lowest BCUT2D eigenvalue weighted by Gasteiger charge is -2.37. The Kier molecular flexibility index (Phi) is 4.70. The van der Waals surface area contributed by atoms with E-state index in [4.69, 9.17) is 0 Å². The largest absolute Gasteiger partial charge is 0.370 e. The highest BCUT2D eigenvalue weighted by Crippen LogP contribution is 2.33. The van der Waals surface area contributed by atoms with Crippen LogP contribution in [0.1, 0.15) is 33.3 Å². The van der Waals surface area contributed by atoms with Crippen molar-refractivity contribution in [2.75, 3.05) is 18.2 Å². The van der Waals surface area contributed by atoms with Crippen molar-refractivity contribution in [2.24, 2.45) is 5.41 Å². The van der Waals surface area contributed by atoms with E-state index in [0.717, 1.165) is 16.1 Å². The van der Waals surface area contributed by atoms with E-state index >= 15 is 0 Å². The highest BCUT2D eigenvalue weighted by molar-refractivity contribution is 7.98. The van der Waals surface area contributed by atoms with Crippen molar-refractivity contribution in [3.8, 4) is 6.07 Å². The molecule has 0 aliphatic rings. The molecule has 0 heterocycles. The summed E-state index contributed by atoms with van der Waals surface area (Å²) in [7, 11) is 2.07. The van der Waals surface area contributed by atoms with E-state index in [9.17, 15) is 5.26 Å². The predicted molar refractivity (Wildman–Crippen MR) is 80.3 cm³/mol. The van der Waals surface area contributed by atoms with Gasteiger partial charge in [-0.05, 0) is 30.7 Å². The minimum absolute atomic E-state index is 0.177. The van der Waals surface area contributed by atoms with Crippen LogP contribution in [-0.4, -0.2) is 19.3 Å². The van der Waals surface area contributed by atoms with E-state index in [1.807, 2.05) is 24.5 Å². The van der Waals surface area contributed by atoms with E-state index in [2.05, 4.69) is 45.7 Å². The summed E-state index contributed by atoms with van der Waals surface area (Å²) in [6, 6.07) is 8.75. The predicted octanol–water partition coefficient (Wildman–Crippen LogP) is 4.15. The Morgan fingerprint density at radius 2 is 1.94 bits per heavy atom. The van der Waals surface area contributed by atoms with E-state index in [-0.39, 0.29) is 5.41 Å². The fourth-order valence-electron chi connectivity index (χ4n) is 1.89. The normalized spacial score (nSPS) is 12.9. The molecule has 0 fully saturated rings. The maximum atomic E-state index is 9.37. The van der Waals surface area contributed by atoms with Gasteiger partial charge in [0.25, 0.3) is 0 Å². The molecule has 0 spiro atoms. The molecule has 0 bridgehead atoms. The summed E-state index contributed by atoms with van der Waals surface area (Å²) in [5.41, 5.74) is 1.98. The molecule has 0 amide bonds. The standard InChI is InChI=1S/C15H22N2S/c1-11(15(2,3)4)17(5)13-8-7-9-14(18-6)12(13)10-16/h7-9,11H,1-6H3. The lowest BCUT2D eigenvalue weighted by molar-refractivity contribution is 0.329. The topological polar surface area (TPSA) is 27.0 Å². The quantitative estimate of drug-likeness (QED) is 0.766. The lowest BCUT2D eigenvalue weighted by Crippen LogP contribution is -2.39. The second-order valence-electron chi connectivity index (χ2n) is 5.62. The number of hydrogen-bond donors (Lipinski definition) is 0. The SMILES string of the molecule is CSc1cccc(N(C)C(C)C(C)(C)C)c1C#N.